The first-order valence-electron chi connectivity index (χ1n) is 9.09. The monoisotopic (exact) mass is 387 g/mol. The number of benzene rings is 1. The first kappa shape index (κ1) is 21.1. The third kappa shape index (κ3) is 5.40. The molecule has 0 unspecified atom stereocenters. The van der Waals surface area contributed by atoms with E-state index in [1.807, 2.05) is 43.5 Å². The SMILES string of the molecule is CC(C)c1ccc(C(=O)Nc2sccc2C(=O)N(C)CC(C)(C)CN)cc1. The van der Waals surface area contributed by atoms with Crippen molar-refractivity contribution in [3.8, 4) is 0 Å². The summed E-state index contributed by atoms with van der Waals surface area (Å²) in [6.07, 6.45) is 0. The fourth-order valence-corrected chi connectivity index (χ4v) is 3.53. The summed E-state index contributed by atoms with van der Waals surface area (Å²) in [5.74, 6) is 0.0758. The summed E-state index contributed by atoms with van der Waals surface area (Å²) in [4.78, 5) is 27.0. The van der Waals surface area contributed by atoms with Crippen LogP contribution in [0.3, 0.4) is 0 Å². The van der Waals surface area contributed by atoms with Gasteiger partial charge in [-0.25, -0.2) is 0 Å². The van der Waals surface area contributed by atoms with Crippen LogP contribution in [0, 0.1) is 5.41 Å². The van der Waals surface area contributed by atoms with Crippen LogP contribution in [-0.2, 0) is 0 Å². The molecule has 0 aliphatic carbocycles. The van der Waals surface area contributed by atoms with Crippen molar-refractivity contribution in [1.82, 2.24) is 4.90 Å². The van der Waals surface area contributed by atoms with Crippen molar-refractivity contribution in [3.63, 3.8) is 0 Å². The zero-order chi connectivity index (χ0) is 20.2. The molecule has 2 rings (SSSR count). The van der Waals surface area contributed by atoms with Gasteiger partial charge in [0, 0.05) is 19.2 Å². The lowest BCUT2D eigenvalue weighted by atomic mass is 9.93. The molecule has 0 bridgehead atoms. The molecule has 5 nitrogen and oxygen atoms in total. The standard InChI is InChI=1S/C21H29N3O2S/c1-14(2)15-6-8-16(9-7-15)18(25)23-19-17(10-11-27-19)20(26)24(5)13-21(3,4)12-22/h6-11,14H,12-13,22H2,1-5H3,(H,23,25). The van der Waals surface area contributed by atoms with Crippen LogP contribution < -0.4 is 11.1 Å². The first-order chi connectivity index (χ1) is 12.6. The van der Waals surface area contributed by atoms with E-state index in [4.69, 9.17) is 5.73 Å². The van der Waals surface area contributed by atoms with Gasteiger partial charge in [0.2, 0.25) is 0 Å². The molecule has 0 aliphatic heterocycles. The minimum atomic E-state index is -0.216. The quantitative estimate of drug-likeness (QED) is 0.748. The fourth-order valence-electron chi connectivity index (χ4n) is 2.75. The highest BCUT2D eigenvalue weighted by Crippen LogP contribution is 2.26. The second-order valence-corrected chi connectivity index (χ2v) is 8.84. The van der Waals surface area contributed by atoms with Gasteiger partial charge in [-0.1, -0.05) is 39.8 Å². The van der Waals surface area contributed by atoms with E-state index in [0.717, 1.165) is 0 Å². The Labute approximate surface area is 165 Å². The minimum Gasteiger partial charge on any atom is -0.341 e. The van der Waals surface area contributed by atoms with Crippen LogP contribution in [-0.4, -0.2) is 36.9 Å². The van der Waals surface area contributed by atoms with Crippen molar-refractivity contribution in [2.45, 2.75) is 33.6 Å². The van der Waals surface area contributed by atoms with Crippen molar-refractivity contribution in [3.05, 3.63) is 52.4 Å². The van der Waals surface area contributed by atoms with Crippen LogP contribution in [0.2, 0.25) is 0 Å². The lowest BCUT2D eigenvalue weighted by Crippen LogP contribution is -2.39. The molecule has 146 valence electrons. The Morgan fingerprint density at radius 3 is 2.37 bits per heavy atom. The number of anilines is 1. The second-order valence-electron chi connectivity index (χ2n) is 7.92. The highest BCUT2D eigenvalue weighted by Gasteiger charge is 2.24. The molecule has 0 radical (unpaired) electrons. The number of carbonyl (C=O) groups is 2. The highest BCUT2D eigenvalue weighted by atomic mass is 32.1. The van der Waals surface area contributed by atoms with Gasteiger partial charge < -0.3 is 16.0 Å². The largest absolute Gasteiger partial charge is 0.341 e. The average molecular weight is 388 g/mol. The van der Waals surface area contributed by atoms with Crippen molar-refractivity contribution in [2.75, 3.05) is 25.5 Å². The predicted octanol–water partition coefficient (Wildman–Crippen LogP) is 4.18. The van der Waals surface area contributed by atoms with Crippen LogP contribution >= 0.6 is 11.3 Å². The number of amides is 2. The Bertz CT molecular complexity index is 794. The van der Waals surface area contributed by atoms with Gasteiger partial charge in [0.15, 0.2) is 0 Å². The van der Waals surface area contributed by atoms with Gasteiger partial charge in [-0.15, -0.1) is 11.3 Å². The zero-order valence-electron chi connectivity index (χ0n) is 16.7. The normalized spacial score (nSPS) is 11.5. The van der Waals surface area contributed by atoms with E-state index in [2.05, 4.69) is 19.2 Å². The van der Waals surface area contributed by atoms with E-state index >= 15 is 0 Å². The second kappa shape index (κ2) is 8.67. The summed E-state index contributed by atoms with van der Waals surface area (Å²) in [6.45, 7) is 9.30. The van der Waals surface area contributed by atoms with E-state index in [-0.39, 0.29) is 17.2 Å². The molecule has 3 N–H and O–H groups in total. The Hall–Kier alpha value is -2.18. The van der Waals surface area contributed by atoms with Gasteiger partial charge >= 0.3 is 0 Å². The Kier molecular flexibility index (Phi) is 6.78. The number of thiophene rings is 1. The van der Waals surface area contributed by atoms with Crippen LogP contribution in [0.4, 0.5) is 5.00 Å². The molecule has 27 heavy (non-hydrogen) atoms. The number of nitrogens with two attached hydrogens (primary N) is 1. The summed E-state index contributed by atoms with van der Waals surface area (Å²) >= 11 is 1.35. The zero-order valence-corrected chi connectivity index (χ0v) is 17.5. The fraction of sp³-hybridized carbons (Fsp3) is 0.429. The maximum atomic E-state index is 12.8. The molecule has 0 spiro atoms. The molecule has 0 atom stereocenters. The third-order valence-corrected chi connectivity index (χ3v) is 5.36. The van der Waals surface area contributed by atoms with Crippen molar-refractivity contribution in [2.24, 2.45) is 11.1 Å². The van der Waals surface area contributed by atoms with Crippen LogP contribution in [0.15, 0.2) is 35.7 Å². The molecule has 0 saturated heterocycles. The minimum absolute atomic E-state index is 0.122. The predicted molar refractivity (Wildman–Crippen MR) is 113 cm³/mol. The van der Waals surface area contributed by atoms with E-state index < -0.39 is 0 Å². The molecule has 2 amide bonds. The van der Waals surface area contributed by atoms with Gasteiger partial charge in [0.1, 0.15) is 5.00 Å². The smallest absolute Gasteiger partial charge is 0.256 e. The van der Waals surface area contributed by atoms with E-state index in [1.54, 1.807) is 18.0 Å². The van der Waals surface area contributed by atoms with Crippen molar-refractivity contribution < 1.29 is 9.59 Å². The van der Waals surface area contributed by atoms with E-state index in [9.17, 15) is 9.59 Å². The van der Waals surface area contributed by atoms with Gasteiger partial charge in [0.05, 0.1) is 5.56 Å². The Balaban J connectivity index is 2.12. The average Bonchev–Trinajstić information content (AvgIpc) is 3.08. The summed E-state index contributed by atoms with van der Waals surface area (Å²) in [7, 11) is 1.76. The number of nitrogens with one attached hydrogen (secondary N) is 1. The molecule has 0 saturated carbocycles. The molecule has 2 aromatic rings. The van der Waals surface area contributed by atoms with E-state index in [0.29, 0.717) is 35.1 Å². The maximum absolute atomic E-state index is 12.8. The summed E-state index contributed by atoms with van der Waals surface area (Å²) in [5, 5.41) is 5.25. The van der Waals surface area contributed by atoms with Gasteiger partial charge in [-0.05, 0) is 47.0 Å². The Morgan fingerprint density at radius 1 is 1.19 bits per heavy atom. The van der Waals surface area contributed by atoms with Crippen molar-refractivity contribution in [1.29, 1.82) is 0 Å². The lowest BCUT2D eigenvalue weighted by molar-refractivity contribution is 0.0742. The topological polar surface area (TPSA) is 75.4 Å². The van der Waals surface area contributed by atoms with Gasteiger partial charge in [-0.3, -0.25) is 9.59 Å². The molecule has 0 aliphatic rings. The maximum Gasteiger partial charge on any atom is 0.256 e. The molecule has 6 heteroatoms. The number of hydrogen-bond donors (Lipinski definition) is 2. The lowest BCUT2D eigenvalue weighted by Gasteiger charge is -2.29. The number of rotatable bonds is 7. The van der Waals surface area contributed by atoms with Crippen molar-refractivity contribution >= 4 is 28.2 Å². The molecule has 1 aromatic heterocycles. The van der Waals surface area contributed by atoms with Crippen LogP contribution in [0.5, 0.6) is 0 Å². The van der Waals surface area contributed by atoms with Crippen LogP contribution in [0.25, 0.3) is 0 Å². The summed E-state index contributed by atoms with van der Waals surface area (Å²) in [5.41, 5.74) is 7.86. The summed E-state index contributed by atoms with van der Waals surface area (Å²) in [6, 6.07) is 9.30. The molecular formula is C21H29N3O2S. The molecular weight excluding hydrogens is 358 g/mol. The van der Waals surface area contributed by atoms with Gasteiger partial charge in [-0.2, -0.15) is 0 Å². The third-order valence-electron chi connectivity index (χ3n) is 4.53. The Morgan fingerprint density at radius 2 is 1.81 bits per heavy atom. The van der Waals surface area contributed by atoms with Gasteiger partial charge in [0.25, 0.3) is 11.8 Å². The highest BCUT2D eigenvalue weighted by molar-refractivity contribution is 7.14. The molecule has 1 aromatic carbocycles. The number of hydrogen-bond acceptors (Lipinski definition) is 4. The van der Waals surface area contributed by atoms with E-state index in [1.165, 1.54) is 16.9 Å². The summed E-state index contributed by atoms with van der Waals surface area (Å²) < 4.78 is 0. The molecule has 1 heterocycles. The number of carbonyl (C=O) groups excluding carboxylic acids is 2. The first-order valence-corrected chi connectivity index (χ1v) is 9.97. The number of nitrogens with zero attached hydrogens (tertiary/aromatic N) is 1. The molecule has 0 fully saturated rings. The van der Waals surface area contributed by atoms with Crippen LogP contribution in [0.1, 0.15) is 59.9 Å².